The molecule has 0 spiro atoms. The second kappa shape index (κ2) is 9.93. The standard InChI is InChI=1S/C23H17Cl3N2O2S/c1-12-21(13(2)29)22(15-5-3-4-6-18(15)25)17(10-27)23(28-12)31-11-20(30)16-9-14(24)7-8-19(16)26/h3-9,22,28H,11H2,1-2H3/t22-/m0/s1. The summed E-state index contributed by atoms with van der Waals surface area (Å²) in [5.41, 5.74) is 2.40. The van der Waals surface area contributed by atoms with Gasteiger partial charge in [-0.15, -0.1) is 0 Å². The third kappa shape index (κ3) is 4.99. The molecule has 158 valence electrons. The fraction of sp³-hybridized carbons (Fsp3) is 0.174. The molecule has 1 N–H and O–H groups in total. The molecule has 0 aromatic heterocycles. The average Bonchev–Trinajstić information content (AvgIpc) is 2.73. The van der Waals surface area contributed by atoms with Crippen LogP contribution in [0.2, 0.25) is 15.1 Å². The minimum absolute atomic E-state index is 0.0332. The van der Waals surface area contributed by atoms with Gasteiger partial charge >= 0.3 is 0 Å². The molecule has 1 aliphatic rings. The maximum atomic E-state index is 12.7. The van der Waals surface area contributed by atoms with Gasteiger partial charge in [0.2, 0.25) is 0 Å². The summed E-state index contributed by atoms with van der Waals surface area (Å²) in [5, 5.41) is 14.8. The van der Waals surface area contributed by atoms with Gasteiger partial charge in [0, 0.05) is 26.9 Å². The highest BCUT2D eigenvalue weighted by molar-refractivity contribution is 8.03. The van der Waals surface area contributed by atoms with E-state index in [2.05, 4.69) is 11.4 Å². The lowest BCUT2D eigenvalue weighted by atomic mass is 9.81. The highest BCUT2D eigenvalue weighted by Gasteiger charge is 2.34. The van der Waals surface area contributed by atoms with E-state index in [1.807, 2.05) is 6.07 Å². The first-order valence-electron chi connectivity index (χ1n) is 9.23. The largest absolute Gasteiger partial charge is 0.353 e. The Morgan fingerprint density at radius 1 is 1.13 bits per heavy atom. The highest BCUT2D eigenvalue weighted by Crippen LogP contribution is 2.43. The Morgan fingerprint density at radius 3 is 2.48 bits per heavy atom. The van der Waals surface area contributed by atoms with Crippen molar-refractivity contribution in [2.45, 2.75) is 19.8 Å². The van der Waals surface area contributed by atoms with Crippen LogP contribution in [0.25, 0.3) is 0 Å². The first-order chi connectivity index (χ1) is 14.7. The lowest BCUT2D eigenvalue weighted by molar-refractivity contribution is -0.113. The average molecular weight is 492 g/mol. The number of ketones is 2. The van der Waals surface area contributed by atoms with Gasteiger partial charge in [0.15, 0.2) is 11.6 Å². The maximum absolute atomic E-state index is 12.7. The number of benzene rings is 2. The van der Waals surface area contributed by atoms with Gasteiger partial charge in [-0.25, -0.2) is 0 Å². The zero-order chi connectivity index (χ0) is 22.7. The molecule has 1 atom stereocenters. The number of hydrogen-bond donors (Lipinski definition) is 1. The molecule has 1 aliphatic heterocycles. The van der Waals surface area contributed by atoms with Crippen molar-refractivity contribution < 1.29 is 9.59 Å². The molecule has 2 aromatic rings. The molecule has 0 aliphatic carbocycles. The summed E-state index contributed by atoms with van der Waals surface area (Å²) in [6.45, 7) is 3.23. The summed E-state index contributed by atoms with van der Waals surface area (Å²) < 4.78 is 0. The van der Waals surface area contributed by atoms with E-state index >= 15 is 0 Å². The highest BCUT2D eigenvalue weighted by atomic mass is 35.5. The molecular weight excluding hydrogens is 475 g/mol. The Balaban J connectivity index is 1.99. The summed E-state index contributed by atoms with van der Waals surface area (Å²) >= 11 is 19.7. The van der Waals surface area contributed by atoms with Crippen LogP contribution < -0.4 is 5.32 Å². The number of halogens is 3. The minimum Gasteiger partial charge on any atom is -0.353 e. The van der Waals surface area contributed by atoms with Gasteiger partial charge in [-0.3, -0.25) is 9.59 Å². The monoisotopic (exact) mass is 490 g/mol. The van der Waals surface area contributed by atoms with E-state index in [1.165, 1.54) is 24.8 Å². The minimum atomic E-state index is -0.621. The Morgan fingerprint density at radius 2 is 1.84 bits per heavy atom. The van der Waals surface area contributed by atoms with Crippen LogP contribution >= 0.6 is 46.6 Å². The van der Waals surface area contributed by atoms with Crippen LogP contribution in [-0.4, -0.2) is 17.3 Å². The van der Waals surface area contributed by atoms with Gasteiger partial charge in [-0.05, 0) is 43.7 Å². The second-order valence-corrected chi connectivity index (χ2v) is 9.10. The molecule has 0 saturated carbocycles. The summed E-state index contributed by atoms with van der Waals surface area (Å²) in [6, 6.07) is 14.0. The quantitative estimate of drug-likeness (QED) is 0.464. The van der Waals surface area contributed by atoms with Crippen molar-refractivity contribution in [3.63, 3.8) is 0 Å². The number of carbonyl (C=O) groups excluding carboxylic acids is 2. The zero-order valence-electron chi connectivity index (χ0n) is 16.6. The number of dihydropyridines is 1. The molecule has 31 heavy (non-hydrogen) atoms. The normalized spacial score (nSPS) is 16.1. The number of Topliss-reactive ketones (excluding diaryl/α,β-unsaturated/α-hetero) is 2. The van der Waals surface area contributed by atoms with Crippen molar-refractivity contribution in [1.82, 2.24) is 5.32 Å². The van der Waals surface area contributed by atoms with Gasteiger partial charge in [-0.2, -0.15) is 5.26 Å². The molecule has 0 unspecified atom stereocenters. The molecule has 0 saturated heterocycles. The Kier molecular flexibility index (Phi) is 7.51. The van der Waals surface area contributed by atoms with E-state index in [1.54, 1.807) is 37.3 Å². The number of nitrogens with one attached hydrogen (secondary N) is 1. The van der Waals surface area contributed by atoms with Crippen LogP contribution in [0.5, 0.6) is 0 Å². The molecule has 0 amide bonds. The van der Waals surface area contributed by atoms with Crippen molar-refractivity contribution >= 4 is 58.1 Å². The number of nitriles is 1. The Bertz CT molecular complexity index is 1180. The third-order valence-corrected chi connectivity index (χ3v) is 6.75. The SMILES string of the molecule is CC(=O)C1=C(C)NC(SCC(=O)c2cc(Cl)ccc2Cl)=C(C#N)[C@@H]1c1ccccc1Cl. The summed E-state index contributed by atoms with van der Waals surface area (Å²) in [7, 11) is 0. The topological polar surface area (TPSA) is 70.0 Å². The Labute approximate surface area is 199 Å². The van der Waals surface area contributed by atoms with Crippen molar-refractivity contribution in [1.29, 1.82) is 5.26 Å². The summed E-state index contributed by atoms with van der Waals surface area (Å²) in [6.07, 6.45) is 0. The summed E-state index contributed by atoms with van der Waals surface area (Å²) in [5.74, 6) is -0.971. The number of nitrogens with zero attached hydrogens (tertiary/aromatic N) is 1. The molecule has 4 nitrogen and oxygen atoms in total. The summed E-state index contributed by atoms with van der Waals surface area (Å²) in [4.78, 5) is 25.2. The Hall–Kier alpha value is -2.23. The third-order valence-electron chi connectivity index (χ3n) is 4.82. The molecular formula is C23H17Cl3N2O2S. The lowest BCUT2D eigenvalue weighted by Gasteiger charge is -2.29. The van der Waals surface area contributed by atoms with Crippen molar-refractivity contribution in [3.8, 4) is 6.07 Å². The fourth-order valence-corrected chi connectivity index (χ4v) is 5.06. The van der Waals surface area contributed by atoms with Crippen LogP contribution in [0.3, 0.4) is 0 Å². The van der Waals surface area contributed by atoms with Crippen LogP contribution in [0, 0.1) is 11.3 Å². The van der Waals surface area contributed by atoms with Crippen LogP contribution in [0.15, 0.2) is 64.3 Å². The molecule has 3 rings (SSSR count). The van der Waals surface area contributed by atoms with Crippen molar-refractivity contribution in [2.24, 2.45) is 0 Å². The molecule has 0 radical (unpaired) electrons. The first kappa shape index (κ1) is 23.4. The molecule has 1 heterocycles. The van der Waals surface area contributed by atoms with Crippen molar-refractivity contribution in [3.05, 3.63) is 90.5 Å². The smallest absolute Gasteiger partial charge is 0.174 e. The predicted octanol–water partition coefficient (Wildman–Crippen LogP) is 6.55. The van der Waals surface area contributed by atoms with Gasteiger partial charge < -0.3 is 5.32 Å². The van der Waals surface area contributed by atoms with E-state index in [9.17, 15) is 14.9 Å². The van der Waals surface area contributed by atoms with Crippen LogP contribution in [0.4, 0.5) is 0 Å². The van der Waals surface area contributed by atoms with E-state index < -0.39 is 5.92 Å². The number of rotatable bonds is 6. The lowest BCUT2D eigenvalue weighted by Crippen LogP contribution is -2.27. The number of thioether (sulfide) groups is 1. The molecule has 0 bridgehead atoms. The number of allylic oxidation sites excluding steroid dienone is 3. The van der Waals surface area contributed by atoms with E-state index in [0.29, 0.717) is 48.1 Å². The van der Waals surface area contributed by atoms with Crippen LogP contribution in [-0.2, 0) is 4.79 Å². The van der Waals surface area contributed by atoms with E-state index in [-0.39, 0.29) is 17.3 Å². The van der Waals surface area contributed by atoms with Crippen molar-refractivity contribution in [2.75, 3.05) is 5.75 Å². The molecule has 8 heteroatoms. The number of carbonyl (C=O) groups is 2. The number of hydrogen-bond acceptors (Lipinski definition) is 5. The van der Waals surface area contributed by atoms with Gasteiger partial charge in [0.25, 0.3) is 0 Å². The van der Waals surface area contributed by atoms with E-state index in [0.717, 1.165) is 0 Å². The fourth-order valence-electron chi connectivity index (χ4n) is 3.44. The van der Waals surface area contributed by atoms with Gasteiger partial charge in [0.05, 0.1) is 33.4 Å². The van der Waals surface area contributed by atoms with Gasteiger partial charge in [0.1, 0.15) is 0 Å². The van der Waals surface area contributed by atoms with E-state index in [4.69, 9.17) is 34.8 Å². The van der Waals surface area contributed by atoms with Crippen LogP contribution in [0.1, 0.15) is 35.7 Å². The second-order valence-electron chi connectivity index (χ2n) is 6.87. The molecule has 0 fully saturated rings. The van der Waals surface area contributed by atoms with Gasteiger partial charge in [-0.1, -0.05) is 64.8 Å². The zero-order valence-corrected chi connectivity index (χ0v) is 19.7. The maximum Gasteiger partial charge on any atom is 0.174 e. The first-order valence-corrected chi connectivity index (χ1v) is 11.3. The molecule has 2 aromatic carbocycles. The predicted molar refractivity (Wildman–Crippen MR) is 127 cm³/mol.